The van der Waals surface area contributed by atoms with Crippen LogP contribution in [0.3, 0.4) is 0 Å². The zero-order chi connectivity index (χ0) is 14.8. The minimum absolute atomic E-state index is 0.232. The van der Waals surface area contributed by atoms with Gasteiger partial charge in [-0.3, -0.25) is 4.79 Å². The number of amides is 1. The highest BCUT2D eigenvalue weighted by molar-refractivity contribution is 5.91. The van der Waals surface area contributed by atoms with Gasteiger partial charge >= 0.3 is 0 Å². The van der Waals surface area contributed by atoms with Gasteiger partial charge in [-0.05, 0) is 31.9 Å². The standard InChI is InChI=1S/C14H17N3O4/c1-8(14-16-12(17-21-14)9-3-4-9)15-13(18)11-6-5-10(20-11)7-19-2/h5-6,8-9H,3-4,7H2,1-2H3,(H,15,18)/t8-/m0/s1. The van der Waals surface area contributed by atoms with Gasteiger partial charge in [0.1, 0.15) is 18.4 Å². The van der Waals surface area contributed by atoms with E-state index >= 15 is 0 Å². The van der Waals surface area contributed by atoms with Crippen molar-refractivity contribution in [2.75, 3.05) is 7.11 Å². The highest BCUT2D eigenvalue weighted by atomic mass is 16.5. The SMILES string of the molecule is COCc1ccc(C(=O)N[C@@H](C)c2nc(C3CC3)no2)o1. The van der Waals surface area contributed by atoms with Crippen molar-refractivity contribution >= 4 is 5.91 Å². The van der Waals surface area contributed by atoms with Crippen LogP contribution in [0.15, 0.2) is 21.1 Å². The van der Waals surface area contributed by atoms with Gasteiger partial charge in [-0.15, -0.1) is 0 Å². The van der Waals surface area contributed by atoms with Crippen LogP contribution in [-0.4, -0.2) is 23.2 Å². The third-order valence-corrected chi connectivity index (χ3v) is 3.29. The fourth-order valence-electron chi connectivity index (χ4n) is 1.98. The van der Waals surface area contributed by atoms with Crippen LogP contribution in [-0.2, 0) is 11.3 Å². The summed E-state index contributed by atoms with van der Waals surface area (Å²) in [5.74, 6) is 2.07. The number of nitrogens with zero attached hydrogens (tertiary/aromatic N) is 2. The van der Waals surface area contributed by atoms with E-state index in [-0.39, 0.29) is 17.7 Å². The van der Waals surface area contributed by atoms with Crippen molar-refractivity contribution in [1.29, 1.82) is 0 Å². The van der Waals surface area contributed by atoms with E-state index in [1.807, 2.05) is 0 Å². The van der Waals surface area contributed by atoms with Crippen LogP contribution in [0.25, 0.3) is 0 Å². The molecule has 1 N–H and O–H groups in total. The lowest BCUT2D eigenvalue weighted by Gasteiger charge is -2.07. The first kappa shape index (κ1) is 13.8. The monoisotopic (exact) mass is 291 g/mol. The van der Waals surface area contributed by atoms with Gasteiger partial charge in [0.25, 0.3) is 5.91 Å². The minimum atomic E-state index is -0.367. The number of ether oxygens (including phenoxy) is 1. The Morgan fingerprint density at radius 2 is 2.33 bits per heavy atom. The van der Waals surface area contributed by atoms with Crippen molar-refractivity contribution < 1.29 is 18.5 Å². The molecular formula is C14H17N3O4. The lowest BCUT2D eigenvalue weighted by atomic mass is 10.3. The lowest BCUT2D eigenvalue weighted by molar-refractivity contribution is 0.0896. The summed E-state index contributed by atoms with van der Waals surface area (Å²) in [4.78, 5) is 16.4. The number of rotatable bonds is 6. The molecule has 1 fully saturated rings. The molecule has 2 aromatic rings. The molecule has 1 aliphatic carbocycles. The molecule has 7 heteroatoms. The molecule has 0 spiro atoms. The number of aromatic nitrogens is 2. The minimum Gasteiger partial charge on any atom is -0.453 e. The Labute approximate surface area is 121 Å². The first-order chi connectivity index (χ1) is 10.2. The van der Waals surface area contributed by atoms with Gasteiger partial charge in [-0.1, -0.05) is 5.16 Å². The smallest absolute Gasteiger partial charge is 0.287 e. The summed E-state index contributed by atoms with van der Waals surface area (Å²) in [5, 5.41) is 6.70. The van der Waals surface area contributed by atoms with Crippen LogP contribution >= 0.6 is 0 Å². The van der Waals surface area contributed by atoms with E-state index in [2.05, 4.69) is 15.5 Å². The van der Waals surface area contributed by atoms with Crippen LogP contribution in [0.2, 0.25) is 0 Å². The highest BCUT2D eigenvalue weighted by Crippen LogP contribution is 2.38. The maximum atomic E-state index is 12.1. The summed E-state index contributed by atoms with van der Waals surface area (Å²) >= 11 is 0. The fraction of sp³-hybridized carbons (Fsp3) is 0.500. The third-order valence-electron chi connectivity index (χ3n) is 3.29. The predicted octanol–water partition coefficient (Wildman–Crippen LogP) is 2.18. The second kappa shape index (κ2) is 5.69. The molecule has 0 radical (unpaired) electrons. The molecule has 2 aromatic heterocycles. The maximum absolute atomic E-state index is 12.1. The number of carbonyl (C=O) groups excluding carboxylic acids is 1. The number of carbonyl (C=O) groups is 1. The molecule has 3 rings (SSSR count). The van der Waals surface area contributed by atoms with Gasteiger partial charge in [0, 0.05) is 13.0 Å². The van der Waals surface area contributed by atoms with Crippen molar-refractivity contribution in [1.82, 2.24) is 15.5 Å². The summed E-state index contributed by atoms with van der Waals surface area (Å²) in [7, 11) is 1.57. The van der Waals surface area contributed by atoms with E-state index < -0.39 is 0 Å². The molecule has 0 bridgehead atoms. The molecule has 2 heterocycles. The number of furan rings is 1. The molecular weight excluding hydrogens is 274 g/mol. The van der Waals surface area contributed by atoms with E-state index in [9.17, 15) is 4.79 Å². The molecule has 21 heavy (non-hydrogen) atoms. The summed E-state index contributed by atoms with van der Waals surface area (Å²) < 4.78 is 15.5. The molecule has 0 saturated heterocycles. The zero-order valence-corrected chi connectivity index (χ0v) is 12.0. The van der Waals surface area contributed by atoms with E-state index in [0.29, 0.717) is 24.2 Å². The Balaban J connectivity index is 1.62. The van der Waals surface area contributed by atoms with E-state index in [0.717, 1.165) is 18.7 Å². The summed E-state index contributed by atoms with van der Waals surface area (Å²) in [6.07, 6.45) is 2.21. The summed E-state index contributed by atoms with van der Waals surface area (Å²) in [5.41, 5.74) is 0. The molecule has 0 aliphatic heterocycles. The lowest BCUT2D eigenvalue weighted by Crippen LogP contribution is -2.26. The van der Waals surface area contributed by atoms with Crippen molar-refractivity contribution in [2.45, 2.75) is 38.3 Å². The van der Waals surface area contributed by atoms with E-state index in [1.54, 1.807) is 26.2 Å². The first-order valence-electron chi connectivity index (χ1n) is 6.89. The van der Waals surface area contributed by atoms with Crippen LogP contribution < -0.4 is 5.32 Å². The average molecular weight is 291 g/mol. The second-order valence-corrected chi connectivity index (χ2v) is 5.16. The number of methoxy groups -OCH3 is 1. The molecule has 112 valence electrons. The predicted molar refractivity (Wildman–Crippen MR) is 71.6 cm³/mol. The normalized spacial score (nSPS) is 15.9. The third kappa shape index (κ3) is 3.13. The second-order valence-electron chi connectivity index (χ2n) is 5.16. The van der Waals surface area contributed by atoms with E-state index in [1.165, 1.54) is 0 Å². The van der Waals surface area contributed by atoms with Gasteiger partial charge in [-0.2, -0.15) is 4.98 Å². The van der Waals surface area contributed by atoms with Crippen molar-refractivity contribution in [2.24, 2.45) is 0 Å². The summed E-state index contributed by atoms with van der Waals surface area (Å²) in [6.45, 7) is 2.12. The van der Waals surface area contributed by atoms with Crippen molar-refractivity contribution in [3.63, 3.8) is 0 Å². The maximum Gasteiger partial charge on any atom is 0.287 e. The Hall–Kier alpha value is -2.15. The van der Waals surface area contributed by atoms with Crippen LogP contribution in [0.5, 0.6) is 0 Å². The Morgan fingerprint density at radius 3 is 3.05 bits per heavy atom. The van der Waals surface area contributed by atoms with Gasteiger partial charge in [0.2, 0.25) is 5.89 Å². The highest BCUT2D eigenvalue weighted by Gasteiger charge is 2.30. The molecule has 7 nitrogen and oxygen atoms in total. The Morgan fingerprint density at radius 1 is 1.52 bits per heavy atom. The Bertz CT molecular complexity index is 630. The molecule has 1 atom stereocenters. The van der Waals surface area contributed by atoms with E-state index in [4.69, 9.17) is 13.7 Å². The molecule has 1 amide bonds. The first-order valence-corrected chi connectivity index (χ1v) is 6.89. The number of nitrogens with one attached hydrogen (secondary N) is 1. The number of hydrogen-bond acceptors (Lipinski definition) is 6. The fourth-order valence-corrected chi connectivity index (χ4v) is 1.98. The van der Waals surface area contributed by atoms with Crippen LogP contribution in [0.1, 0.15) is 59.8 Å². The zero-order valence-electron chi connectivity index (χ0n) is 12.0. The average Bonchev–Trinajstić information content (AvgIpc) is 3.02. The van der Waals surface area contributed by atoms with Gasteiger partial charge in [0.05, 0.1) is 0 Å². The molecule has 1 saturated carbocycles. The molecule has 0 unspecified atom stereocenters. The van der Waals surface area contributed by atoms with Crippen molar-refractivity contribution in [3.8, 4) is 0 Å². The van der Waals surface area contributed by atoms with Gasteiger partial charge in [0.15, 0.2) is 11.6 Å². The largest absolute Gasteiger partial charge is 0.453 e. The summed E-state index contributed by atoms with van der Waals surface area (Å²) in [6, 6.07) is 2.95. The van der Waals surface area contributed by atoms with Gasteiger partial charge in [-0.25, -0.2) is 0 Å². The van der Waals surface area contributed by atoms with Crippen LogP contribution in [0.4, 0.5) is 0 Å². The quantitative estimate of drug-likeness (QED) is 0.877. The number of hydrogen-bond donors (Lipinski definition) is 1. The molecule has 1 aliphatic rings. The van der Waals surface area contributed by atoms with Crippen molar-refractivity contribution in [3.05, 3.63) is 35.4 Å². The Kier molecular flexibility index (Phi) is 3.74. The van der Waals surface area contributed by atoms with Gasteiger partial charge < -0.3 is 19.0 Å². The topological polar surface area (TPSA) is 90.4 Å². The van der Waals surface area contributed by atoms with Crippen LogP contribution in [0, 0.1) is 0 Å². The molecule has 0 aromatic carbocycles.